The van der Waals surface area contributed by atoms with Crippen LogP contribution < -0.4 is 10.1 Å². The number of aryl methyl sites for hydroxylation is 1. The summed E-state index contributed by atoms with van der Waals surface area (Å²) >= 11 is 6.13. The van der Waals surface area contributed by atoms with E-state index in [9.17, 15) is 39.9 Å². The van der Waals surface area contributed by atoms with Crippen LogP contribution in [0.1, 0.15) is 35.2 Å². The zero-order valence-electron chi connectivity index (χ0n) is 19.2. The molecule has 2 unspecified atom stereocenters. The van der Waals surface area contributed by atoms with Crippen LogP contribution in [-0.4, -0.2) is 50.2 Å². The first-order chi connectivity index (χ1) is 17.6. The highest BCUT2D eigenvalue weighted by Gasteiger charge is 2.45. The third kappa shape index (κ3) is 6.03. The van der Waals surface area contributed by atoms with E-state index >= 15 is 0 Å². The summed E-state index contributed by atoms with van der Waals surface area (Å²) < 4.78 is 112. The SMILES string of the molecule is Cn1nc(OC(F)CC(F)C(F)(F)F)c(C(F)(F)F)c1-n1cc(-c2ccc(Cl)c(C(=O)NC3CC3)c2)cn1. The summed E-state index contributed by atoms with van der Waals surface area (Å²) in [5.74, 6) is -2.56. The number of alkyl halides is 8. The summed E-state index contributed by atoms with van der Waals surface area (Å²) in [6, 6.07) is 4.45. The van der Waals surface area contributed by atoms with Crippen molar-refractivity contribution in [3.8, 4) is 22.8 Å². The Labute approximate surface area is 214 Å². The second-order valence-electron chi connectivity index (χ2n) is 8.51. The molecule has 1 aliphatic rings. The van der Waals surface area contributed by atoms with Gasteiger partial charge in [0.2, 0.25) is 18.4 Å². The Morgan fingerprint density at radius 3 is 2.47 bits per heavy atom. The quantitative estimate of drug-likeness (QED) is 0.347. The van der Waals surface area contributed by atoms with Gasteiger partial charge in [-0.1, -0.05) is 17.7 Å². The first kappa shape index (κ1) is 27.7. The monoisotopic (exact) mass is 571 g/mol. The van der Waals surface area contributed by atoms with Crippen molar-refractivity contribution in [2.24, 2.45) is 7.05 Å². The number of halogens is 9. The molecule has 206 valence electrons. The van der Waals surface area contributed by atoms with Crippen LogP contribution in [0.4, 0.5) is 35.1 Å². The number of benzene rings is 1. The molecule has 2 heterocycles. The maximum Gasteiger partial charge on any atom is 0.425 e. The van der Waals surface area contributed by atoms with Crippen LogP contribution in [0.3, 0.4) is 0 Å². The van der Waals surface area contributed by atoms with E-state index in [1.807, 2.05) is 0 Å². The number of carbonyl (C=O) groups excluding carboxylic acids is 1. The minimum absolute atomic E-state index is 0.0557. The summed E-state index contributed by atoms with van der Waals surface area (Å²) in [4.78, 5) is 12.5. The molecule has 1 amide bonds. The van der Waals surface area contributed by atoms with Gasteiger partial charge in [0, 0.05) is 24.8 Å². The lowest BCUT2D eigenvalue weighted by molar-refractivity contribution is -0.191. The molecular formula is C22H18ClF8N5O2. The number of hydrogen-bond acceptors (Lipinski definition) is 4. The van der Waals surface area contributed by atoms with Crippen LogP contribution in [0.2, 0.25) is 5.02 Å². The Bertz CT molecular complexity index is 1330. The first-order valence-electron chi connectivity index (χ1n) is 11.0. The molecule has 7 nitrogen and oxygen atoms in total. The summed E-state index contributed by atoms with van der Waals surface area (Å²) in [7, 11) is 1.04. The average Bonchev–Trinajstić information content (AvgIpc) is 3.35. The van der Waals surface area contributed by atoms with Crippen molar-refractivity contribution in [3.63, 3.8) is 0 Å². The number of amides is 1. The molecule has 2 aromatic heterocycles. The summed E-state index contributed by atoms with van der Waals surface area (Å²) in [5, 5.41) is 10.3. The fraction of sp³-hybridized carbons (Fsp3) is 0.409. The number of nitrogens with one attached hydrogen (secondary N) is 1. The maximum absolute atomic E-state index is 14.0. The lowest BCUT2D eigenvalue weighted by Crippen LogP contribution is -2.29. The Kier molecular flexibility index (Phi) is 7.34. The lowest BCUT2D eigenvalue weighted by atomic mass is 10.1. The van der Waals surface area contributed by atoms with E-state index < -0.39 is 54.5 Å². The van der Waals surface area contributed by atoms with E-state index in [0.29, 0.717) is 10.2 Å². The van der Waals surface area contributed by atoms with Crippen molar-refractivity contribution in [2.75, 3.05) is 0 Å². The molecule has 1 aromatic carbocycles. The lowest BCUT2D eigenvalue weighted by Gasteiger charge is -2.16. The van der Waals surface area contributed by atoms with E-state index in [-0.39, 0.29) is 22.2 Å². The number of aromatic nitrogens is 4. The Morgan fingerprint density at radius 1 is 1.18 bits per heavy atom. The van der Waals surface area contributed by atoms with Crippen LogP contribution in [-0.2, 0) is 13.2 Å². The normalized spacial score (nSPS) is 15.8. The Balaban J connectivity index is 1.65. The summed E-state index contributed by atoms with van der Waals surface area (Å²) in [6.07, 6.45) is -15.2. The first-order valence-corrected chi connectivity index (χ1v) is 11.3. The van der Waals surface area contributed by atoms with E-state index in [1.54, 1.807) is 0 Å². The van der Waals surface area contributed by atoms with Gasteiger partial charge in [-0.05, 0) is 30.5 Å². The molecule has 0 spiro atoms. The molecule has 16 heteroatoms. The smallest absolute Gasteiger partial charge is 0.425 e. The van der Waals surface area contributed by atoms with Gasteiger partial charge in [0.25, 0.3) is 5.91 Å². The van der Waals surface area contributed by atoms with Gasteiger partial charge in [-0.25, -0.2) is 18.1 Å². The highest BCUT2D eigenvalue weighted by Crippen LogP contribution is 2.41. The molecule has 0 bridgehead atoms. The molecule has 1 aliphatic carbocycles. The van der Waals surface area contributed by atoms with Gasteiger partial charge in [-0.3, -0.25) is 4.79 Å². The third-order valence-corrected chi connectivity index (χ3v) is 5.84. The van der Waals surface area contributed by atoms with Gasteiger partial charge < -0.3 is 10.1 Å². The average molecular weight is 572 g/mol. The van der Waals surface area contributed by atoms with Gasteiger partial charge >= 0.3 is 12.4 Å². The number of hydrogen-bond donors (Lipinski definition) is 1. The van der Waals surface area contributed by atoms with Crippen LogP contribution in [0.5, 0.6) is 5.88 Å². The largest absolute Gasteiger partial charge is 0.441 e. The number of ether oxygens (including phenoxy) is 1. The zero-order valence-corrected chi connectivity index (χ0v) is 20.0. The molecule has 0 radical (unpaired) electrons. The van der Waals surface area contributed by atoms with E-state index in [0.717, 1.165) is 30.8 Å². The summed E-state index contributed by atoms with van der Waals surface area (Å²) in [5.41, 5.74) is -0.832. The number of rotatable bonds is 8. The van der Waals surface area contributed by atoms with Crippen molar-refractivity contribution >= 4 is 17.5 Å². The predicted octanol–water partition coefficient (Wildman–Crippen LogP) is 5.80. The molecule has 0 aliphatic heterocycles. The van der Waals surface area contributed by atoms with Gasteiger partial charge in [-0.15, -0.1) is 5.10 Å². The van der Waals surface area contributed by atoms with Crippen molar-refractivity contribution in [1.82, 2.24) is 24.9 Å². The molecule has 3 aromatic rings. The van der Waals surface area contributed by atoms with Crippen LogP contribution in [0, 0.1) is 0 Å². The molecule has 1 saturated carbocycles. The van der Waals surface area contributed by atoms with Crippen LogP contribution in [0.15, 0.2) is 30.6 Å². The molecule has 1 fully saturated rings. The van der Waals surface area contributed by atoms with Crippen molar-refractivity contribution in [3.05, 3.63) is 46.7 Å². The fourth-order valence-electron chi connectivity index (χ4n) is 3.51. The van der Waals surface area contributed by atoms with Crippen LogP contribution >= 0.6 is 11.6 Å². The molecule has 38 heavy (non-hydrogen) atoms. The van der Waals surface area contributed by atoms with E-state index in [1.165, 1.54) is 24.4 Å². The number of carbonyl (C=O) groups is 1. The standard InChI is InChI=1S/C22H18ClF8N5O2/c1-35-20(17(22(29,30)31)19(34-35)38-16(25)7-15(24)21(26,27)28)36-9-11(8-32-36)10-2-5-14(23)13(6-10)18(37)33-12-3-4-12/h2,5-6,8-9,12,15-16H,3-4,7H2,1H3,(H,33,37). The predicted molar refractivity (Wildman–Crippen MR) is 117 cm³/mol. The van der Waals surface area contributed by atoms with E-state index in [2.05, 4.69) is 20.3 Å². The Hall–Kier alpha value is -3.36. The van der Waals surface area contributed by atoms with Crippen molar-refractivity contribution in [2.45, 2.75) is 50.2 Å². The molecule has 1 N–H and O–H groups in total. The van der Waals surface area contributed by atoms with E-state index in [4.69, 9.17) is 11.6 Å². The second-order valence-corrected chi connectivity index (χ2v) is 8.92. The topological polar surface area (TPSA) is 74.0 Å². The van der Waals surface area contributed by atoms with Gasteiger partial charge in [-0.2, -0.15) is 31.4 Å². The van der Waals surface area contributed by atoms with Crippen molar-refractivity contribution < 1.29 is 44.7 Å². The molecular weight excluding hydrogens is 554 g/mol. The van der Waals surface area contributed by atoms with Gasteiger partial charge in [0.05, 0.1) is 23.2 Å². The van der Waals surface area contributed by atoms with Crippen LogP contribution in [0.25, 0.3) is 16.9 Å². The minimum atomic E-state index is -5.42. The third-order valence-electron chi connectivity index (χ3n) is 5.51. The fourth-order valence-corrected chi connectivity index (χ4v) is 3.71. The minimum Gasteiger partial charge on any atom is -0.441 e. The Morgan fingerprint density at radius 2 is 1.87 bits per heavy atom. The molecule has 0 saturated heterocycles. The van der Waals surface area contributed by atoms with Crippen molar-refractivity contribution in [1.29, 1.82) is 0 Å². The second kappa shape index (κ2) is 10.1. The number of nitrogens with zero attached hydrogens (tertiary/aromatic N) is 4. The maximum atomic E-state index is 14.0. The summed E-state index contributed by atoms with van der Waals surface area (Å²) in [6.45, 7) is 0. The zero-order chi connectivity index (χ0) is 28.0. The highest BCUT2D eigenvalue weighted by molar-refractivity contribution is 6.34. The molecule has 4 rings (SSSR count). The van der Waals surface area contributed by atoms with Gasteiger partial charge in [0.1, 0.15) is 0 Å². The van der Waals surface area contributed by atoms with Gasteiger partial charge in [0.15, 0.2) is 11.4 Å². The molecule has 2 atom stereocenters. The highest BCUT2D eigenvalue weighted by atomic mass is 35.5.